The molecule has 0 saturated carbocycles. The van der Waals surface area contributed by atoms with Crippen LogP contribution >= 0.6 is 35.6 Å². The number of hydrogen-bond acceptors (Lipinski definition) is 5. The second-order valence-corrected chi connectivity index (χ2v) is 6.20. The molecule has 0 spiro atoms. The lowest BCUT2D eigenvalue weighted by atomic mass is 10.2. The third-order valence-corrected chi connectivity index (χ3v) is 3.92. The van der Waals surface area contributed by atoms with Crippen molar-refractivity contribution in [2.75, 3.05) is 6.54 Å². The van der Waals surface area contributed by atoms with Gasteiger partial charge in [-0.1, -0.05) is 11.6 Å². The van der Waals surface area contributed by atoms with Gasteiger partial charge in [-0.2, -0.15) is 8.78 Å². The quantitative estimate of drug-likeness (QED) is 0.220. The maximum absolute atomic E-state index is 12.6. The van der Waals surface area contributed by atoms with Crippen molar-refractivity contribution in [1.82, 2.24) is 25.8 Å². The van der Waals surface area contributed by atoms with E-state index in [1.807, 2.05) is 6.92 Å². The van der Waals surface area contributed by atoms with E-state index in [-0.39, 0.29) is 36.3 Å². The van der Waals surface area contributed by atoms with Gasteiger partial charge >= 0.3 is 6.61 Å². The van der Waals surface area contributed by atoms with Gasteiger partial charge in [-0.15, -0.1) is 29.1 Å². The molecule has 0 bridgehead atoms. The zero-order valence-corrected chi connectivity index (χ0v) is 18.9. The monoisotopic (exact) mass is 552 g/mol. The van der Waals surface area contributed by atoms with Crippen molar-refractivity contribution >= 4 is 41.5 Å². The SMILES string of the molecule is CCNC(=NCc1cc(Cl)ccc1OC(F)F)NCc1nc(-c2ccco2)n[nH]1.I. The highest BCUT2D eigenvalue weighted by Gasteiger charge is 2.11. The van der Waals surface area contributed by atoms with E-state index >= 15 is 0 Å². The molecular weight excluding hydrogens is 533 g/mol. The lowest BCUT2D eigenvalue weighted by Gasteiger charge is -2.12. The molecule has 3 aromatic rings. The van der Waals surface area contributed by atoms with Crippen LogP contribution < -0.4 is 15.4 Å². The van der Waals surface area contributed by atoms with Crippen molar-refractivity contribution in [2.45, 2.75) is 26.6 Å². The molecule has 8 nitrogen and oxygen atoms in total. The first-order valence-corrected chi connectivity index (χ1v) is 9.13. The summed E-state index contributed by atoms with van der Waals surface area (Å²) in [6.07, 6.45) is 1.54. The fourth-order valence-electron chi connectivity index (χ4n) is 2.45. The molecule has 162 valence electrons. The molecule has 2 aromatic heterocycles. The van der Waals surface area contributed by atoms with Crippen LogP contribution in [0, 0.1) is 0 Å². The molecule has 0 fully saturated rings. The van der Waals surface area contributed by atoms with E-state index in [2.05, 4.69) is 35.5 Å². The Bertz CT molecular complexity index is 952. The average Bonchev–Trinajstić information content (AvgIpc) is 3.37. The first-order valence-electron chi connectivity index (χ1n) is 8.75. The number of furan rings is 1. The van der Waals surface area contributed by atoms with Crippen molar-refractivity contribution in [3.8, 4) is 17.3 Å². The number of aromatic amines is 1. The minimum Gasteiger partial charge on any atom is -0.461 e. The van der Waals surface area contributed by atoms with E-state index in [9.17, 15) is 8.78 Å². The van der Waals surface area contributed by atoms with E-state index in [1.165, 1.54) is 12.1 Å². The van der Waals surface area contributed by atoms with Gasteiger partial charge in [0.2, 0.25) is 5.82 Å². The van der Waals surface area contributed by atoms with Gasteiger partial charge in [0.25, 0.3) is 0 Å². The molecule has 3 rings (SSSR count). The van der Waals surface area contributed by atoms with Crippen molar-refractivity contribution in [2.24, 2.45) is 4.99 Å². The molecule has 0 aliphatic heterocycles. The predicted octanol–water partition coefficient (Wildman–Crippen LogP) is 4.19. The van der Waals surface area contributed by atoms with Gasteiger partial charge in [-0.05, 0) is 37.3 Å². The van der Waals surface area contributed by atoms with E-state index in [0.29, 0.717) is 47.0 Å². The Labute approximate surface area is 193 Å². The predicted molar refractivity (Wildman–Crippen MR) is 119 cm³/mol. The van der Waals surface area contributed by atoms with E-state index < -0.39 is 6.61 Å². The van der Waals surface area contributed by atoms with Crippen LogP contribution in [0.4, 0.5) is 8.78 Å². The number of nitrogens with zero attached hydrogens (tertiary/aromatic N) is 3. The Morgan fingerprint density at radius 2 is 2.17 bits per heavy atom. The lowest BCUT2D eigenvalue weighted by molar-refractivity contribution is -0.0504. The number of aliphatic imine (C=N–C) groups is 1. The Kier molecular flexibility index (Phi) is 9.30. The normalized spacial score (nSPS) is 11.3. The van der Waals surface area contributed by atoms with Crippen molar-refractivity contribution < 1.29 is 17.9 Å². The summed E-state index contributed by atoms with van der Waals surface area (Å²) in [4.78, 5) is 8.73. The summed E-state index contributed by atoms with van der Waals surface area (Å²) in [5, 5.41) is 13.5. The molecule has 0 amide bonds. The molecule has 0 atom stereocenters. The van der Waals surface area contributed by atoms with Crippen molar-refractivity contribution in [3.63, 3.8) is 0 Å². The van der Waals surface area contributed by atoms with Crippen molar-refractivity contribution in [3.05, 3.63) is 53.0 Å². The molecule has 2 heterocycles. The Morgan fingerprint density at radius 1 is 1.33 bits per heavy atom. The van der Waals surface area contributed by atoms with Crippen LogP contribution in [0.1, 0.15) is 18.3 Å². The maximum Gasteiger partial charge on any atom is 0.387 e. The Balaban J connectivity index is 0.00000320. The number of hydrogen-bond donors (Lipinski definition) is 3. The largest absolute Gasteiger partial charge is 0.461 e. The highest BCUT2D eigenvalue weighted by molar-refractivity contribution is 14.0. The number of ether oxygens (including phenoxy) is 1. The highest BCUT2D eigenvalue weighted by Crippen LogP contribution is 2.25. The molecule has 0 saturated heterocycles. The van der Waals surface area contributed by atoms with Gasteiger partial charge in [0.05, 0.1) is 19.4 Å². The number of rotatable bonds is 8. The summed E-state index contributed by atoms with van der Waals surface area (Å²) in [5.41, 5.74) is 0.440. The summed E-state index contributed by atoms with van der Waals surface area (Å²) in [7, 11) is 0. The molecule has 12 heteroatoms. The number of aromatic nitrogens is 3. The highest BCUT2D eigenvalue weighted by atomic mass is 127. The second kappa shape index (κ2) is 11.7. The number of alkyl halides is 2. The topological polar surface area (TPSA) is 100 Å². The van der Waals surface area contributed by atoms with Crippen LogP contribution in [0.3, 0.4) is 0 Å². The third-order valence-electron chi connectivity index (χ3n) is 3.69. The third kappa shape index (κ3) is 6.83. The number of H-pyrrole nitrogens is 1. The fourth-order valence-corrected chi connectivity index (χ4v) is 2.64. The molecule has 30 heavy (non-hydrogen) atoms. The smallest absolute Gasteiger partial charge is 0.387 e. The molecule has 3 N–H and O–H groups in total. The van der Waals surface area contributed by atoms with Crippen LogP contribution in [0.5, 0.6) is 5.75 Å². The van der Waals surface area contributed by atoms with Crippen LogP contribution in [0.2, 0.25) is 5.02 Å². The van der Waals surface area contributed by atoms with Gasteiger partial charge in [0.15, 0.2) is 11.7 Å². The number of benzene rings is 1. The molecule has 0 radical (unpaired) electrons. The summed E-state index contributed by atoms with van der Waals surface area (Å²) in [5.74, 6) is 2.07. The minimum atomic E-state index is -2.93. The number of guanidine groups is 1. The molecule has 0 aliphatic rings. The van der Waals surface area contributed by atoms with Crippen LogP contribution in [-0.2, 0) is 13.1 Å². The van der Waals surface area contributed by atoms with Crippen LogP contribution in [0.15, 0.2) is 46.0 Å². The van der Waals surface area contributed by atoms with Gasteiger partial charge < -0.3 is 19.8 Å². The van der Waals surface area contributed by atoms with E-state index in [1.54, 1.807) is 24.5 Å². The Hall–Kier alpha value is -2.41. The minimum absolute atomic E-state index is 0. The number of halogens is 4. The van der Waals surface area contributed by atoms with E-state index in [0.717, 1.165) is 0 Å². The molecular formula is C18H20ClF2IN6O2. The Morgan fingerprint density at radius 3 is 2.87 bits per heavy atom. The standard InChI is InChI=1S/C18H19ClF2N6O2.HI/c1-2-22-18(23-9-11-8-12(19)5-6-13(11)29-17(20)21)24-10-15-25-16(27-26-15)14-4-3-7-28-14;/h3-8,17H,2,9-10H2,1H3,(H2,22,23,24)(H,25,26,27);1H. The molecule has 0 aliphatic carbocycles. The zero-order chi connectivity index (χ0) is 20.6. The van der Waals surface area contributed by atoms with Gasteiger partial charge in [0.1, 0.15) is 11.6 Å². The van der Waals surface area contributed by atoms with Gasteiger partial charge in [-0.3, -0.25) is 5.10 Å². The zero-order valence-electron chi connectivity index (χ0n) is 15.9. The second-order valence-electron chi connectivity index (χ2n) is 5.76. The van der Waals surface area contributed by atoms with Crippen LogP contribution in [0.25, 0.3) is 11.6 Å². The summed E-state index contributed by atoms with van der Waals surface area (Å²) < 4.78 is 35.0. The molecule has 0 unspecified atom stereocenters. The summed E-state index contributed by atoms with van der Waals surface area (Å²) in [6, 6.07) is 7.93. The average molecular weight is 553 g/mol. The number of nitrogens with one attached hydrogen (secondary N) is 3. The maximum atomic E-state index is 12.6. The summed E-state index contributed by atoms with van der Waals surface area (Å²) in [6.45, 7) is -0.0112. The first-order chi connectivity index (χ1) is 14.0. The first kappa shape index (κ1) is 23.9. The lowest BCUT2D eigenvalue weighted by Crippen LogP contribution is -2.37. The van der Waals surface area contributed by atoms with E-state index in [4.69, 9.17) is 16.0 Å². The fraction of sp³-hybridized carbons (Fsp3) is 0.278. The van der Waals surface area contributed by atoms with Crippen LogP contribution in [-0.4, -0.2) is 34.3 Å². The van der Waals surface area contributed by atoms with Gasteiger partial charge in [0, 0.05) is 17.1 Å². The summed E-state index contributed by atoms with van der Waals surface area (Å²) >= 11 is 5.97. The van der Waals surface area contributed by atoms with Gasteiger partial charge in [-0.25, -0.2) is 9.98 Å². The van der Waals surface area contributed by atoms with Crippen molar-refractivity contribution in [1.29, 1.82) is 0 Å². The molecule has 1 aromatic carbocycles.